The fraction of sp³-hybridized carbons (Fsp3) is 0.537. The van der Waals surface area contributed by atoms with E-state index in [0.717, 1.165) is 46.9 Å². The zero-order valence-electron chi connectivity index (χ0n) is 44.0. The van der Waals surface area contributed by atoms with Crippen LogP contribution in [0.5, 0.6) is 0 Å². The first-order valence-electron chi connectivity index (χ1n) is 26.2. The van der Waals surface area contributed by atoms with Crippen molar-refractivity contribution in [2.45, 2.75) is 102 Å². The predicted molar refractivity (Wildman–Crippen MR) is 292 cm³/mol. The second-order valence-corrected chi connectivity index (χ2v) is 20.4. The van der Waals surface area contributed by atoms with E-state index in [2.05, 4.69) is 36.1 Å². The van der Waals surface area contributed by atoms with Gasteiger partial charge in [-0.25, -0.2) is 0 Å². The number of para-hydroxylation sites is 2. The van der Waals surface area contributed by atoms with Crippen LogP contribution in [0.3, 0.4) is 0 Å². The number of likely N-dealkylation sites (N-methyl/N-ethyl adjacent to an activating group) is 1. The molecule has 0 spiro atoms. The van der Waals surface area contributed by atoms with Crippen LogP contribution in [0.1, 0.15) is 75.8 Å². The molecule has 4 atom stereocenters. The minimum absolute atomic E-state index is 0.250. The van der Waals surface area contributed by atoms with E-state index in [1.54, 1.807) is 0 Å². The first kappa shape index (κ1) is 58.2. The van der Waals surface area contributed by atoms with E-state index in [0.29, 0.717) is 126 Å². The quantitative estimate of drug-likeness (QED) is 0.0274. The summed E-state index contributed by atoms with van der Waals surface area (Å²) in [4.78, 5) is 97.2. The van der Waals surface area contributed by atoms with E-state index in [4.69, 9.17) is 20.9 Å². The van der Waals surface area contributed by atoms with Gasteiger partial charge in [0.1, 0.15) is 24.2 Å². The molecule has 2 aliphatic rings. The maximum atomic E-state index is 14.0. The summed E-state index contributed by atoms with van der Waals surface area (Å²) in [7, 11) is 5.58. The molecular weight excluding hydrogens is 979 g/mol. The first-order valence-corrected chi connectivity index (χ1v) is 27.4. The molecule has 4 aromatic rings. The molecule has 4 heterocycles. The van der Waals surface area contributed by atoms with Crippen LogP contribution in [0.4, 0.5) is 0 Å². The van der Waals surface area contributed by atoms with Gasteiger partial charge in [-0.2, -0.15) is 11.8 Å². The Hall–Kier alpha value is -6.10. The Morgan fingerprint density at radius 1 is 0.733 bits per heavy atom. The number of nitrogens with one attached hydrogen (secondary N) is 5. The number of nitrogens with two attached hydrogens (primary N) is 2. The number of imide groups is 1. The number of likely N-dealkylation sites (tertiary alicyclic amines) is 1. The molecule has 0 aliphatic carbocycles. The molecule has 2 aliphatic heterocycles. The molecule has 2 aromatic carbocycles. The van der Waals surface area contributed by atoms with Gasteiger partial charge in [0.2, 0.25) is 29.5 Å². The number of aromatic nitrogens is 2. The molecule has 75 heavy (non-hydrogen) atoms. The lowest BCUT2D eigenvalue weighted by Gasteiger charge is -2.30. The van der Waals surface area contributed by atoms with Crippen molar-refractivity contribution in [3.05, 3.63) is 72.1 Å². The van der Waals surface area contributed by atoms with E-state index in [-0.39, 0.29) is 23.5 Å². The van der Waals surface area contributed by atoms with Crippen molar-refractivity contribution in [1.29, 1.82) is 0 Å². The van der Waals surface area contributed by atoms with Crippen LogP contribution < -0.4 is 38.1 Å². The lowest BCUT2D eigenvalue weighted by Crippen LogP contribution is -2.58. The van der Waals surface area contributed by atoms with Crippen molar-refractivity contribution < 1.29 is 43.0 Å². The normalized spacial score (nSPS) is 15.9. The lowest BCUT2D eigenvalue weighted by molar-refractivity contribution is -0.141. The third-order valence-corrected chi connectivity index (χ3v) is 14.5. The molecule has 1 saturated heterocycles. The second kappa shape index (κ2) is 29.3. The van der Waals surface area contributed by atoms with Crippen LogP contribution >= 0.6 is 11.8 Å². The number of rotatable bonds is 32. The van der Waals surface area contributed by atoms with E-state index >= 15 is 0 Å². The number of aryl methyl sites for hydroxylation is 1. The lowest BCUT2D eigenvalue weighted by atomic mass is 9.95. The van der Waals surface area contributed by atoms with Crippen molar-refractivity contribution in [3.8, 4) is 0 Å². The van der Waals surface area contributed by atoms with Gasteiger partial charge in [0.25, 0.3) is 11.8 Å². The maximum Gasteiger partial charge on any atom is 0.259 e. The number of carbonyl (C=O) groups is 7. The van der Waals surface area contributed by atoms with Gasteiger partial charge < -0.3 is 61.1 Å². The maximum absolute atomic E-state index is 14.0. The number of ether oxygens (including phenoxy) is 2. The molecule has 9 N–H and O–H groups in total. The van der Waals surface area contributed by atoms with Gasteiger partial charge in [0, 0.05) is 90.4 Å². The summed E-state index contributed by atoms with van der Waals surface area (Å²) in [6.07, 6.45) is 9.00. The van der Waals surface area contributed by atoms with Crippen LogP contribution in [-0.2, 0) is 56.1 Å². The van der Waals surface area contributed by atoms with Crippen molar-refractivity contribution in [2.24, 2.45) is 11.5 Å². The number of benzene rings is 2. The Kier molecular flexibility index (Phi) is 22.7. The van der Waals surface area contributed by atoms with Crippen molar-refractivity contribution in [1.82, 2.24) is 45.5 Å². The third kappa shape index (κ3) is 15.7. The highest BCUT2D eigenvalue weighted by molar-refractivity contribution is 7.99. The van der Waals surface area contributed by atoms with Crippen molar-refractivity contribution in [2.75, 3.05) is 85.3 Å². The minimum Gasteiger partial charge on any atom is -0.378 e. The van der Waals surface area contributed by atoms with Gasteiger partial charge in [-0.05, 0) is 104 Å². The molecule has 6 rings (SSSR count). The Bertz CT molecular complexity index is 2650. The molecule has 2 aromatic heterocycles. The van der Waals surface area contributed by atoms with E-state index < -0.39 is 47.8 Å². The van der Waals surface area contributed by atoms with Crippen LogP contribution in [0.15, 0.2) is 60.9 Å². The van der Waals surface area contributed by atoms with Crippen LogP contribution in [0.2, 0.25) is 0 Å². The Morgan fingerprint density at radius 2 is 1.31 bits per heavy atom. The van der Waals surface area contributed by atoms with Crippen molar-refractivity contribution >= 4 is 86.1 Å². The van der Waals surface area contributed by atoms with Gasteiger partial charge in [-0.1, -0.05) is 36.4 Å². The van der Waals surface area contributed by atoms with Crippen LogP contribution in [0.25, 0.3) is 33.0 Å². The smallest absolute Gasteiger partial charge is 0.259 e. The summed E-state index contributed by atoms with van der Waals surface area (Å²) < 4.78 is 16.0. The fourth-order valence-corrected chi connectivity index (χ4v) is 10.6. The zero-order valence-corrected chi connectivity index (χ0v) is 44.8. The monoisotopic (exact) mass is 1060 g/mol. The number of hydrogen-bond acceptors (Lipinski definition) is 13. The Balaban J connectivity index is 0.990. The largest absolute Gasteiger partial charge is 0.378 e. The molecule has 0 radical (unpaired) electrons. The van der Waals surface area contributed by atoms with Gasteiger partial charge in [-0.15, -0.1) is 0 Å². The van der Waals surface area contributed by atoms with Crippen molar-refractivity contribution in [3.63, 3.8) is 0 Å². The van der Waals surface area contributed by atoms with Crippen LogP contribution in [-0.4, -0.2) is 170 Å². The summed E-state index contributed by atoms with van der Waals surface area (Å²) in [5, 5.41) is 15.3. The molecule has 7 amide bonds. The topological polar surface area (TPSA) is 266 Å². The molecular formula is C54H77N11O9S. The highest BCUT2D eigenvalue weighted by atomic mass is 32.2. The average molecular weight is 1060 g/mol. The Labute approximate surface area is 443 Å². The van der Waals surface area contributed by atoms with Crippen LogP contribution in [0, 0.1) is 0 Å². The molecule has 21 heteroatoms. The standard InChI is InChI=1S/C54H77N11O9S/c1-36(66)58-43(54(72)65-26-13-21-46(65)51(69)60-42(18-10-12-23-56)50(68)59-41(49(67)57-2)17-9-11-22-55)35-75-32-31-74-30-29-73-28-27-64-34-40(38-16-6-8-20-45(38)64)48-47(52(70)61-53(48)71)39-33-63(25-14-24-62(3)4)44-19-7-5-15-37(39)44/h5-8,15-16,19-20,33-34,41-43,46H,9-14,17-18,21-32,35,55-56H2,1-4H3,(H,57,67)(H,58,66)(H,59,68)(H,60,69)(H,61,70,71)/t41-,42-,43-,46-/m0/s1. The number of unbranched alkanes of at least 4 members (excludes halogenated alkanes) is 2. The molecule has 408 valence electrons. The zero-order chi connectivity index (χ0) is 53.9. The van der Waals surface area contributed by atoms with E-state index in [1.165, 1.54) is 30.6 Å². The molecule has 1 fully saturated rings. The Morgan fingerprint density at radius 3 is 1.88 bits per heavy atom. The molecule has 20 nitrogen and oxygen atoms in total. The van der Waals surface area contributed by atoms with E-state index in [9.17, 15) is 33.6 Å². The van der Waals surface area contributed by atoms with Gasteiger partial charge in [0.05, 0.1) is 37.6 Å². The SMILES string of the molecule is CNC(=O)[C@H](CCCCN)NC(=O)[C@H](CCCCN)NC(=O)[C@@H]1CCCN1C(=O)[C@H](CSCCOCCOCCn1cc(C2=C(c3cn(CCCN(C)C)c4ccccc34)C(=O)NC2=O)c2ccccc21)NC(C)=O. The third-order valence-electron chi connectivity index (χ3n) is 13.5. The fourth-order valence-electron chi connectivity index (χ4n) is 9.75. The first-order chi connectivity index (χ1) is 36.3. The number of thioether (sulfide) groups is 1. The summed E-state index contributed by atoms with van der Waals surface area (Å²) in [6, 6.07) is 12.3. The van der Waals surface area contributed by atoms with Gasteiger partial charge in [-0.3, -0.25) is 38.9 Å². The summed E-state index contributed by atoms with van der Waals surface area (Å²) >= 11 is 1.44. The predicted octanol–water partition coefficient (Wildman–Crippen LogP) is 2.35. The highest BCUT2D eigenvalue weighted by Crippen LogP contribution is 2.39. The second-order valence-electron chi connectivity index (χ2n) is 19.2. The summed E-state index contributed by atoms with van der Waals surface area (Å²) in [6.45, 7) is 6.06. The molecule has 0 bridgehead atoms. The number of carbonyl (C=O) groups excluding carboxylic acids is 7. The van der Waals surface area contributed by atoms with Gasteiger partial charge >= 0.3 is 0 Å². The number of fused-ring (bicyclic) bond motifs is 2. The number of amides is 7. The van der Waals surface area contributed by atoms with E-state index in [1.807, 2.05) is 79.6 Å². The number of nitrogens with zero attached hydrogens (tertiary/aromatic N) is 4. The highest BCUT2D eigenvalue weighted by Gasteiger charge is 2.39. The molecule has 0 saturated carbocycles. The number of hydrogen-bond donors (Lipinski definition) is 7. The summed E-state index contributed by atoms with van der Waals surface area (Å²) in [5.74, 6) is -2.16. The minimum atomic E-state index is -0.952. The van der Waals surface area contributed by atoms with Gasteiger partial charge in [0.15, 0.2) is 0 Å². The molecule has 0 unspecified atom stereocenters. The average Bonchev–Trinajstić information content (AvgIpc) is 4.18. The summed E-state index contributed by atoms with van der Waals surface area (Å²) in [5.41, 5.74) is 15.4.